The van der Waals surface area contributed by atoms with Gasteiger partial charge in [0.15, 0.2) is 11.5 Å². The van der Waals surface area contributed by atoms with Crippen LogP contribution in [0.4, 0.5) is 0 Å². The molecule has 0 fully saturated rings. The second-order valence-corrected chi connectivity index (χ2v) is 8.15. The number of rotatable bonds is 6. The first-order valence-corrected chi connectivity index (χ1v) is 9.90. The topological polar surface area (TPSA) is 47.6 Å². The molecule has 0 radical (unpaired) electrons. The Morgan fingerprint density at radius 3 is 2.54 bits per heavy atom. The number of thioether (sulfide) groups is 1. The highest BCUT2D eigenvalue weighted by molar-refractivity contribution is 7.99. The molecule has 0 aliphatic carbocycles. The van der Waals surface area contributed by atoms with Gasteiger partial charge in [0, 0.05) is 22.2 Å². The van der Waals surface area contributed by atoms with Crippen LogP contribution in [0.5, 0.6) is 11.5 Å². The molecule has 1 aliphatic rings. The molecule has 0 saturated heterocycles. The van der Waals surface area contributed by atoms with Crippen molar-refractivity contribution in [3.05, 3.63) is 53.1 Å². The molecule has 2 aromatic rings. The number of carbonyl (C=O) groups is 1. The third kappa shape index (κ3) is 4.46. The largest absolute Gasteiger partial charge is 0.486 e. The summed E-state index contributed by atoms with van der Waals surface area (Å²) < 4.78 is 11.2. The molecule has 0 atom stereocenters. The van der Waals surface area contributed by atoms with E-state index >= 15 is 0 Å². The summed E-state index contributed by atoms with van der Waals surface area (Å²) in [5.41, 5.74) is 0.255. The van der Waals surface area contributed by atoms with E-state index < -0.39 is 5.41 Å². The maximum atomic E-state index is 12.7. The van der Waals surface area contributed by atoms with Crippen LogP contribution in [-0.4, -0.2) is 31.4 Å². The smallest absolute Gasteiger partial charge is 0.230 e. The maximum Gasteiger partial charge on any atom is 0.230 e. The van der Waals surface area contributed by atoms with Crippen molar-refractivity contribution >= 4 is 29.3 Å². The molecule has 0 saturated carbocycles. The minimum Gasteiger partial charge on any atom is -0.486 e. The van der Waals surface area contributed by atoms with Gasteiger partial charge in [-0.3, -0.25) is 4.79 Å². The number of amides is 1. The monoisotopic (exact) mass is 391 g/mol. The van der Waals surface area contributed by atoms with Gasteiger partial charge in [-0.05, 0) is 55.8 Å². The molecule has 0 aromatic heterocycles. The van der Waals surface area contributed by atoms with Crippen molar-refractivity contribution < 1.29 is 14.3 Å². The van der Waals surface area contributed by atoms with Gasteiger partial charge in [-0.2, -0.15) is 0 Å². The highest BCUT2D eigenvalue weighted by Crippen LogP contribution is 2.35. The van der Waals surface area contributed by atoms with Crippen LogP contribution in [0, 0.1) is 0 Å². The van der Waals surface area contributed by atoms with Crippen LogP contribution >= 0.6 is 23.4 Å². The highest BCUT2D eigenvalue weighted by Gasteiger charge is 2.30. The molecular formula is C20H22ClNO3S. The maximum absolute atomic E-state index is 12.7. The first-order chi connectivity index (χ1) is 12.5. The van der Waals surface area contributed by atoms with Crippen molar-refractivity contribution in [3.63, 3.8) is 0 Å². The summed E-state index contributed by atoms with van der Waals surface area (Å²) in [5, 5.41) is 3.75. The van der Waals surface area contributed by atoms with Gasteiger partial charge in [0.2, 0.25) is 5.91 Å². The fourth-order valence-electron chi connectivity index (χ4n) is 2.65. The van der Waals surface area contributed by atoms with Gasteiger partial charge >= 0.3 is 0 Å². The molecule has 138 valence electrons. The molecular weight excluding hydrogens is 370 g/mol. The average Bonchev–Trinajstić information content (AvgIpc) is 2.66. The van der Waals surface area contributed by atoms with E-state index in [1.165, 1.54) is 0 Å². The predicted octanol–water partition coefficient (Wildman–Crippen LogP) is 4.30. The lowest BCUT2D eigenvalue weighted by molar-refractivity contribution is -0.125. The second-order valence-electron chi connectivity index (χ2n) is 6.54. The lowest BCUT2D eigenvalue weighted by Crippen LogP contribution is -2.41. The van der Waals surface area contributed by atoms with Gasteiger partial charge in [0.05, 0.1) is 5.41 Å². The molecule has 0 spiro atoms. The molecule has 1 amide bonds. The number of hydrogen-bond acceptors (Lipinski definition) is 4. The fourth-order valence-corrected chi connectivity index (χ4v) is 3.54. The van der Waals surface area contributed by atoms with Crippen LogP contribution in [0.15, 0.2) is 47.4 Å². The standard InChI is InChI=1S/C20H22ClNO3S/c1-20(2,14-3-8-17-18(13-14)25-11-10-24-17)19(23)22-9-12-26-16-6-4-15(21)5-7-16/h3-8,13H,9-12H2,1-2H3,(H,22,23). The van der Waals surface area contributed by atoms with Crippen molar-refractivity contribution in [1.82, 2.24) is 5.32 Å². The summed E-state index contributed by atoms with van der Waals surface area (Å²) in [5.74, 6) is 2.22. The predicted molar refractivity (Wildman–Crippen MR) is 106 cm³/mol. The van der Waals surface area contributed by atoms with Crippen LogP contribution in [0.2, 0.25) is 5.02 Å². The Kier molecular flexibility index (Phi) is 5.99. The number of fused-ring (bicyclic) bond motifs is 1. The summed E-state index contributed by atoms with van der Waals surface area (Å²) in [6.07, 6.45) is 0. The minimum atomic E-state index is -0.652. The minimum absolute atomic E-state index is 0.00844. The molecule has 1 aliphatic heterocycles. The molecule has 6 heteroatoms. The van der Waals surface area contributed by atoms with Crippen LogP contribution < -0.4 is 14.8 Å². The zero-order chi connectivity index (χ0) is 18.6. The molecule has 1 N–H and O–H groups in total. The number of nitrogens with one attached hydrogen (secondary N) is 1. The molecule has 26 heavy (non-hydrogen) atoms. The van der Waals surface area contributed by atoms with E-state index in [-0.39, 0.29) is 5.91 Å². The van der Waals surface area contributed by atoms with Gasteiger partial charge in [-0.15, -0.1) is 11.8 Å². The van der Waals surface area contributed by atoms with E-state index in [9.17, 15) is 4.79 Å². The molecule has 3 rings (SSSR count). The second kappa shape index (κ2) is 8.23. The van der Waals surface area contributed by atoms with Crippen molar-refractivity contribution in [2.45, 2.75) is 24.2 Å². The van der Waals surface area contributed by atoms with Gasteiger partial charge < -0.3 is 14.8 Å². The normalized spacial score (nSPS) is 13.3. The Bertz CT molecular complexity index is 777. The van der Waals surface area contributed by atoms with Gasteiger partial charge in [0.25, 0.3) is 0 Å². The van der Waals surface area contributed by atoms with Gasteiger partial charge in [-0.25, -0.2) is 0 Å². The van der Waals surface area contributed by atoms with Crippen LogP contribution in [0.3, 0.4) is 0 Å². The number of benzene rings is 2. The van der Waals surface area contributed by atoms with E-state index in [0.717, 1.165) is 27.0 Å². The summed E-state index contributed by atoms with van der Waals surface area (Å²) in [4.78, 5) is 13.8. The number of hydrogen-bond donors (Lipinski definition) is 1. The van der Waals surface area contributed by atoms with E-state index in [4.69, 9.17) is 21.1 Å². The summed E-state index contributed by atoms with van der Waals surface area (Å²) >= 11 is 7.57. The molecule has 0 unspecified atom stereocenters. The Hall–Kier alpha value is -1.85. The van der Waals surface area contributed by atoms with E-state index in [1.54, 1.807) is 11.8 Å². The number of carbonyl (C=O) groups excluding carboxylic acids is 1. The van der Waals surface area contributed by atoms with E-state index in [0.29, 0.717) is 25.5 Å². The van der Waals surface area contributed by atoms with Crippen molar-refractivity contribution in [2.24, 2.45) is 0 Å². The van der Waals surface area contributed by atoms with E-state index in [2.05, 4.69) is 5.32 Å². The average molecular weight is 392 g/mol. The third-order valence-electron chi connectivity index (χ3n) is 4.30. The Labute approximate surface area is 163 Å². The van der Waals surface area contributed by atoms with Crippen LogP contribution in [0.1, 0.15) is 19.4 Å². The highest BCUT2D eigenvalue weighted by atomic mass is 35.5. The Morgan fingerprint density at radius 2 is 1.81 bits per heavy atom. The summed E-state index contributed by atoms with van der Waals surface area (Å²) in [6.45, 7) is 5.52. The first kappa shape index (κ1) is 18.9. The Morgan fingerprint density at radius 1 is 1.12 bits per heavy atom. The molecule has 4 nitrogen and oxygen atoms in total. The van der Waals surface area contributed by atoms with Crippen molar-refractivity contribution in [2.75, 3.05) is 25.5 Å². The molecule has 2 aromatic carbocycles. The van der Waals surface area contributed by atoms with Crippen molar-refractivity contribution in [3.8, 4) is 11.5 Å². The zero-order valence-corrected chi connectivity index (χ0v) is 16.5. The number of halogens is 1. The van der Waals surface area contributed by atoms with Crippen LogP contribution in [-0.2, 0) is 10.2 Å². The first-order valence-electron chi connectivity index (χ1n) is 8.53. The van der Waals surface area contributed by atoms with Gasteiger partial charge in [-0.1, -0.05) is 17.7 Å². The van der Waals surface area contributed by atoms with Crippen LogP contribution in [0.25, 0.3) is 0 Å². The summed E-state index contributed by atoms with van der Waals surface area (Å²) in [6, 6.07) is 13.4. The SMILES string of the molecule is CC(C)(C(=O)NCCSc1ccc(Cl)cc1)c1ccc2c(c1)OCCO2. The lowest BCUT2D eigenvalue weighted by Gasteiger charge is -2.26. The molecule has 1 heterocycles. The lowest BCUT2D eigenvalue weighted by atomic mass is 9.83. The Balaban J connectivity index is 1.55. The van der Waals surface area contributed by atoms with Crippen molar-refractivity contribution in [1.29, 1.82) is 0 Å². The van der Waals surface area contributed by atoms with Gasteiger partial charge in [0.1, 0.15) is 13.2 Å². The fraction of sp³-hybridized carbons (Fsp3) is 0.350. The third-order valence-corrected chi connectivity index (χ3v) is 5.57. The summed E-state index contributed by atoms with van der Waals surface area (Å²) in [7, 11) is 0. The quantitative estimate of drug-likeness (QED) is 0.589. The van der Waals surface area contributed by atoms with E-state index in [1.807, 2.05) is 56.3 Å². The number of ether oxygens (including phenoxy) is 2. The zero-order valence-electron chi connectivity index (χ0n) is 14.9. The molecule has 0 bridgehead atoms.